The lowest BCUT2D eigenvalue weighted by atomic mass is 10.1. The normalized spacial score (nSPS) is 11.9. The summed E-state index contributed by atoms with van der Waals surface area (Å²) < 4.78 is 0.469. The third kappa shape index (κ3) is 3.53. The predicted molar refractivity (Wildman–Crippen MR) is 70.3 cm³/mol. The Balaban J connectivity index is 2.86. The number of carbonyl (C=O) groups is 2. The van der Waals surface area contributed by atoms with E-state index in [-0.39, 0.29) is 12.5 Å². The third-order valence-electron chi connectivity index (χ3n) is 2.57. The molecule has 1 rings (SSSR count). The quantitative estimate of drug-likeness (QED) is 0.844. The summed E-state index contributed by atoms with van der Waals surface area (Å²) in [4.78, 5) is 28.5. The van der Waals surface area contributed by atoms with E-state index in [1.54, 1.807) is 25.3 Å². The first kappa shape index (κ1) is 14.6. The van der Waals surface area contributed by atoms with E-state index in [2.05, 4.69) is 20.9 Å². The predicted octanol–water partition coefficient (Wildman–Crippen LogP) is 2.03. The average Bonchev–Trinajstić information content (AvgIpc) is 2.35. The van der Waals surface area contributed by atoms with Gasteiger partial charge in [0.25, 0.3) is 5.91 Å². The number of amides is 1. The standard InChI is InChI=1S/C12H15BrN2O3/c1-3-15(7-8(2)12(17)18)11(16)9-5-4-6-14-10(9)13/h4-6,8H,3,7H2,1-2H3,(H,17,18). The number of hydrogen-bond acceptors (Lipinski definition) is 3. The van der Waals surface area contributed by atoms with E-state index in [4.69, 9.17) is 5.11 Å². The third-order valence-corrected chi connectivity index (χ3v) is 3.21. The summed E-state index contributed by atoms with van der Waals surface area (Å²) in [5.74, 6) is -1.72. The minimum absolute atomic E-state index is 0.187. The molecule has 0 saturated heterocycles. The maximum absolute atomic E-state index is 12.2. The van der Waals surface area contributed by atoms with Crippen molar-refractivity contribution < 1.29 is 14.7 Å². The van der Waals surface area contributed by atoms with Crippen molar-refractivity contribution in [2.75, 3.05) is 13.1 Å². The molecule has 1 aromatic rings. The van der Waals surface area contributed by atoms with Gasteiger partial charge in [-0.15, -0.1) is 0 Å². The van der Waals surface area contributed by atoms with Crippen molar-refractivity contribution >= 4 is 27.8 Å². The number of carbonyl (C=O) groups excluding carboxylic acids is 1. The topological polar surface area (TPSA) is 70.5 Å². The number of nitrogens with zero attached hydrogens (tertiary/aromatic N) is 2. The second-order valence-electron chi connectivity index (χ2n) is 3.92. The Bertz CT molecular complexity index is 451. The van der Waals surface area contributed by atoms with Crippen molar-refractivity contribution in [1.29, 1.82) is 0 Å². The molecule has 98 valence electrons. The zero-order valence-electron chi connectivity index (χ0n) is 10.3. The first-order valence-electron chi connectivity index (χ1n) is 5.60. The highest BCUT2D eigenvalue weighted by molar-refractivity contribution is 9.10. The first-order chi connectivity index (χ1) is 8.47. The molecule has 18 heavy (non-hydrogen) atoms. The zero-order chi connectivity index (χ0) is 13.7. The lowest BCUT2D eigenvalue weighted by molar-refractivity contribution is -0.141. The van der Waals surface area contributed by atoms with Gasteiger partial charge in [0.1, 0.15) is 4.60 Å². The van der Waals surface area contributed by atoms with Gasteiger partial charge in [0.2, 0.25) is 0 Å². The van der Waals surface area contributed by atoms with E-state index in [1.165, 1.54) is 4.90 Å². The smallest absolute Gasteiger partial charge is 0.308 e. The van der Waals surface area contributed by atoms with E-state index < -0.39 is 11.9 Å². The maximum atomic E-state index is 12.2. The molecule has 0 saturated carbocycles. The van der Waals surface area contributed by atoms with Crippen LogP contribution in [0, 0.1) is 5.92 Å². The van der Waals surface area contributed by atoms with Gasteiger partial charge in [-0.2, -0.15) is 0 Å². The van der Waals surface area contributed by atoms with Gasteiger partial charge in [-0.05, 0) is 35.0 Å². The fraction of sp³-hybridized carbons (Fsp3) is 0.417. The van der Waals surface area contributed by atoms with Crippen LogP contribution in [-0.2, 0) is 4.79 Å². The highest BCUT2D eigenvalue weighted by atomic mass is 79.9. The van der Waals surface area contributed by atoms with Gasteiger partial charge in [0.15, 0.2) is 0 Å². The van der Waals surface area contributed by atoms with Gasteiger partial charge in [0, 0.05) is 19.3 Å². The van der Waals surface area contributed by atoms with Crippen molar-refractivity contribution in [3.63, 3.8) is 0 Å². The molecule has 6 heteroatoms. The van der Waals surface area contributed by atoms with Crippen LogP contribution < -0.4 is 0 Å². The van der Waals surface area contributed by atoms with Crippen LogP contribution in [0.2, 0.25) is 0 Å². The maximum Gasteiger partial charge on any atom is 0.308 e. The number of pyridine rings is 1. The van der Waals surface area contributed by atoms with Crippen LogP contribution in [0.4, 0.5) is 0 Å². The van der Waals surface area contributed by atoms with E-state index in [0.717, 1.165) is 0 Å². The van der Waals surface area contributed by atoms with Gasteiger partial charge < -0.3 is 10.0 Å². The molecule has 0 spiro atoms. The molecule has 1 N–H and O–H groups in total. The molecule has 1 atom stereocenters. The molecule has 1 amide bonds. The summed E-state index contributed by atoms with van der Waals surface area (Å²) in [6.45, 7) is 4.04. The van der Waals surface area contributed by atoms with Gasteiger partial charge in [-0.1, -0.05) is 6.92 Å². The van der Waals surface area contributed by atoms with E-state index in [0.29, 0.717) is 16.7 Å². The second-order valence-corrected chi connectivity index (χ2v) is 4.68. The number of carboxylic acids is 1. The molecule has 5 nitrogen and oxygen atoms in total. The van der Waals surface area contributed by atoms with Gasteiger partial charge in [-0.3, -0.25) is 9.59 Å². The monoisotopic (exact) mass is 314 g/mol. The molecule has 0 radical (unpaired) electrons. The summed E-state index contributed by atoms with van der Waals surface area (Å²) in [5, 5.41) is 8.87. The number of halogens is 1. The Morgan fingerprint density at radius 1 is 1.56 bits per heavy atom. The van der Waals surface area contributed by atoms with Gasteiger partial charge >= 0.3 is 5.97 Å². The first-order valence-corrected chi connectivity index (χ1v) is 6.39. The van der Waals surface area contributed by atoms with E-state index in [9.17, 15) is 9.59 Å². The average molecular weight is 315 g/mol. The molecule has 0 bridgehead atoms. The summed E-state index contributed by atoms with van der Waals surface area (Å²) in [7, 11) is 0. The molecule has 1 heterocycles. The van der Waals surface area contributed by atoms with Crippen LogP contribution >= 0.6 is 15.9 Å². The zero-order valence-corrected chi connectivity index (χ0v) is 11.8. The van der Waals surface area contributed by atoms with Gasteiger partial charge in [-0.25, -0.2) is 4.98 Å². The van der Waals surface area contributed by atoms with E-state index >= 15 is 0 Å². The van der Waals surface area contributed by atoms with Crippen LogP contribution in [0.25, 0.3) is 0 Å². The molecular formula is C12H15BrN2O3. The molecule has 0 aromatic carbocycles. The van der Waals surface area contributed by atoms with Crippen molar-refractivity contribution in [2.24, 2.45) is 5.92 Å². The van der Waals surface area contributed by atoms with Crippen LogP contribution in [0.5, 0.6) is 0 Å². The number of aromatic nitrogens is 1. The lowest BCUT2D eigenvalue weighted by Crippen LogP contribution is -2.37. The van der Waals surface area contributed by atoms with E-state index in [1.807, 2.05) is 6.92 Å². The van der Waals surface area contributed by atoms with Crippen LogP contribution in [0.3, 0.4) is 0 Å². The highest BCUT2D eigenvalue weighted by Gasteiger charge is 2.21. The number of rotatable bonds is 5. The largest absolute Gasteiger partial charge is 0.481 e. The lowest BCUT2D eigenvalue weighted by Gasteiger charge is -2.23. The Kier molecular flexibility index (Phi) is 5.27. The number of aliphatic carboxylic acids is 1. The fourth-order valence-corrected chi connectivity index (χ4v) is 1.90. The molecule has 1 unspecified atom stereocenters. The minimum atomic E-state index is -0.911. The molecule has 0 aliphatic rings. The van der Waals surface area contributed by atoms with Crippen molar-refractivity contribution in [3.8, 4) is 0 Å². The van der Waals surface area contributed by atoms with Crippen LogP contribution in [0.1, 0.15) is 24.2 Å². The molecular weight excluding hydrogens is 300 g/mol. The Morgan fingerprint density at radius 2 is 2.22 bits per heavy atom. The summed E-state index contributed by atoms with van der Waals surface area (Å²) in [5.41, 5.74) is 0.442. The molecule has 0 aliphatic heterocycles. The summed E-state index contributed by atoms with van der Waals surface area (Å²) in [6.07, 6.45) is 1.58. The Labute approximate surface area is 114 Å². The van der Waals surface area contributed by atoms with Gasteiger partial charge in [0.05, 0.1) is 11.5 Å². The van der Waals surface area contributed by atoms with Crippen LogP contribution in [0.15, 0.2) is 22.9 Å². The molecule has 0 fully saturated rings. The molecule has 0 aliphatic carbocycles. The Morgan fingerprint density at radius 3 is 2.72 bits per heavy atom. The van der Waals surface area contributed by atoms with Crippen molar-refractivity contribution in [3.05, 3.63) is 28.5 Å². The summed E-state index contributed by atoms with van der Waals surface area (Å²) >= 11 is 3.21. The second kappa shape index (κ2) is 6.49. The van der Waals surface area contributed by atoms with Crippen molar-refractivity contribution in [2.45, 2.75) is 13.8 Å². The molecule has 1 aromatic heterocycles. The SMILES string of the molecule is CCN(CC(C)C(=O)O)C(=O)c1cccnc1Br. The number of carboxylic acid groups (broad SMARTS) is 1. The minimum Gasteiger partial charge on any atom is -0.481 e. The fourth-order valence-electron chi connectivity index (χ4n) is 1.48. The van der Waals surface area contributed by atoms with Crippen LogP contribution in [-0.4, -0.2) is 40.0 Å². The van der Waals surface area contributed by atoms with Crippen molar-refractivity contribution in [1.82, 2.24) is 9.88 Å². The number of hydrogen-bond donors (Lipinski definition) is 1. The Hall–Kier alpha value is -1.43. The highest BCUT2D eigenvalue weighted by Crippen LogP contribution is 2.15. The summed E-state index contributed by atoms with van der Waals surface area (Å²) in [6, 6.07) is 3.33.